The number of para-hydroxylation sites is 3. The molecule has 0 fully saturated rings. The number of aromatic nitrogens is 4. The smallest absolute Gasteiger partial charge is 0.164 e. The Balaban J connectivity index is 1.16. The van der Waals surface area contributed by atoms with E-state index in [1.807, 2.05) is 24.3 Å². The van der Waals surface area contributed by atoms with Crippen LogP contribution in [-0.4, -0.2) is 19.5 Å². The van der Waals surface area contributed by atoms with Crippen molar-refractivity contribution in [2.24, 2.45) is 0 Å². The molecule has 0 unspecified atom stereocenters. The molecule has 252 valence electrons. The maximum absolute atomic E-state index is 6.30. The average molecular weight is 691 g/mol. The third-order valence-electron chi connectivity index (χ3n) is 10.4. The van der Waals surface area contributed by atoms with Gasteiger partial charge in [0, 0.05) is 43.8 Å². The second kappa shape index (κ2) is 12.1. The van der Waals surface area contributed by atoms with Crippen molar-refractivity contribution in [2.75, 3.05) is 0 Å². The van der Waals surface area contributed by atoms with Crippen LogP contribution in [0.25, 0.3) is 105 Å². The molecule has 5 heteroatoms. The standard InChI is InChI=1S/C49H30N4O/c1-2-13-32(14-3-1)37-26-24-35(29-44(37)53-42-19-9-6-16-38(42)39-17-7-10-20-43(39)53)48-50-47(34-23-22-31-12-4-5-15-33(31)28-34)51-49(52-48)36-25-27-41-40-18-8-11-21-45(40)54-46(41)30-36/h1-30H. The monoisotopic (exact) mass is 690 g/mol. The molecule has 0 bridgehead atoms. The van der Waals surface area contributed by atoms with Gasteiger partial charge in [-0.25, -0.2) is 15.0 Å². The Morgan fingerprint density at radius 3 is 1.63 bits per heavy atom. The van der Waals surface area contributed by atoms with Gasteiger partial charge in [0.1, 0.15) is 11.2 Å². The number of furan rings is 1. The van der Waals surface area contributed by atoms with E-state index in [1.165, 1.54) is 16.2 Å². The first-order chi connectivity index (χ1) is 26.7. The summed E-state index contributed by atoms with van der Waals surface area (Å²) >= 11 is 0. The van der Waals surface area contributed by atoms with Crippen LogP contribution in [0.5, 0.6) is 0 Å². The lowest BCUT2D eigenvalue weighted by Crippen LogP contribution is -2.02. The molecule has 8 aromatic carbocycles. The Labute approximate surface area is 310 Å². The fraction of sp³-hybridized carbons (Fsp3) is 0. The van der Waals surface area contributed by atoms with Gasteiger partial charge in [-0.05, 0) is 58.8 Å². The number of hydrogen-bond acceptors (Lipinski definition) is 4. The number of benzene rings is 8. The molecule has 0 aliphatic heterocycles. The summed E-state index contributed by atoms with van der Waals surface area (Å²) in [7, 11) is 0. The molecule has 0 radical (unpaired) electrons. The zero-order chi connectivity index (χ0) is 35.6. The maximum atomic E-state index is 6.30. The van der Waals surface area contributed by atoms with Crippen LogP contribution < -0.4 is 0 Å². The molecule has 5 nitrogen and oxygen atoms in total. The Morgan fingerprint density at radius 2 is 0.889 bits per heavy atom. The normalized spacial score (nSPS) is 11.7. The minimum absolute atomic E-state index is 0.580. The zero-order valence-corrected chi connectivity index (χ0v) is 29.0. The molecule has 0 aliphatic rings. The SMILES string of the molecule is c1ccc(-c2ccc(-c3nc(-c4ccc5ccccc5c4)nc(-c4ccc5c(c4)oc4ccccc45)n3)cc2-n2c3ccccc3c3ccccc32)cc1. The van der Waals surface area contributed by atoms with Crippen molar-refractivity contribution in [1.82, 2.24) is 19.5 Å². The highest BCUT2D eigenvalue weighted by molar-refractivity contribution is 6.10. The predicted molar refractivity (Wildman–Crippen MR) is 221 cm³/mol. The second-order valence-corrected chi connectivity index (χ2v) is 13.6. The van der Waals surface area contributed by atoms with Gasteiger partial charge >= 0.3 is 0 Å². The highest BCUT2D eigenvalue weighted by Crippen LogP contribution is 2.39. The molecule has 0 spiro atoms. The third-order valence-corrected chi connectivity index (χ3v) is 10.4. The number of hydrogen-bond donors (Lipinski definition) is 0. The maximum Gasteiger partial charge on any atom is 0.164 e. The van der Waals surface area contributed by atoms with E-state index in [2.05, 4.69) is 162 Å². The molecule has 0 saturated carbocycles. The molecular weight excluding hydrogens is 661 g/mol. The summed E-state index contributed by atoms with van der Waals surface area (Å²) in [4.78, 5) is 15.5. The van der Waals surface area contributed by atoms with E-state index in [9.17, 15) is 0 Å². The van der Waals surface area contributed by atoms with Gasteiger partial charge in [-0.1, -0.05) is 140 Å². The largest absolute Gasteiger partial charge is 0.456 e. The average Bonchev–Trinajstić information content (AvgIpc) is 3.79. The van der Waals surface area contributed by atoms with Crippen molar-refractivity contribution < 1.29 is 4.42 Å². The Morgan fingerprint density at radius 1 is 0.352 bits per heavy atom. The Bertz CT molecular complexity index is 3180. The highest BCUT2D eigenvalue weighted by atomic mass is 16.3. The summed E-state index contributed by atoms with van der Waals surface area (Å²) in [6, 6.07) is 63.4. The molecule has 0 saturated heterocycles. The van der Waals surface area contributed by atoms with Gasteiger partial charge < -0.3 is 8.98 Å². The van der Waals surface area contributed by atoms with Crippen molar-refractivity contribution in [2.45, 2.75) is 0 Å². The lowest BCUT2D eigenvalue weighted by atomic mass is 10.0. The van der Waals surface area contributed by atoms with Crippen molar-refractivity contribution >= 4 is 54.5 Å². The summed E-state index contributed by atoms with van der Waals surface area (Å²) < 4.78 is 8.67. The van der Waals surface area contributed by atoms with Gasteiger partial charge in [0.2, 0.25) is 0 Å². The number of nitrogens with zero attached hydrogens (tertiary/aromatic N) is 4. The van der Waals surface area contributed by atoms with Crippen LogP contribution >= 0.6 is 0 Å². The summed E-state index contributed by atoms with van der Waals surface area (Å²) in [5, 5.41) is 6.86. The molecule has 11 rings (SSSR count). The summed E-state index contributed by atoms with van der Waals surface area (Å²) in [5.74, 6) is 1.78. The lowest BCUT2D eigenvalue weighted by Gasteiger charge is -2.16. The van der Waals surface area contributed by atoms with Crippen molar-refractivity contribution in [3.05, 3.63) is 182 Å². The second-order valence-electron chi connectivity index (χ2n) is 13.6. The van der Waals surface area contributed by atoms with Crippen molar-refractivity contribution in [3.8, 4) is 51.0 Å². The van der Waals surface area contributed by atoms with E-state index in [0.717, 1.165) is 71.9 Å². The molecule has 3 aromatic heterocycles. The topological polar surface area (TPSA) is 56.7 Å². The van der Waals surface area contributed by atoms with E-state index in [1.54, 1.807) is 0 Å². The minimum atomic E-state index is 0.580. The van der Waals surface area contributed by atoms with Crippen LogP contribution in [0, 0.1) is 0 Å². The van der Waals surface area contributed by atoms with E-state index < -0.39 is 0 Å². The molecular formula is C49H30N4O. The van der Waals surface area contributed by atoms with Gasteiger partial charge in [0.15, 0.2) is 17.5 Å². The fourth-order valence-electron chi connectivity index (χ4n) is 7.86. The molecule has 0 atom stereocenters. The van der Waals surface area contributed by atoms with Crippen molar-refractivity contribution in [3.63, 3.8) is 0 Å². The first-order valence-electron chi connectivity index (χ1n) is 18.1. The van der Waals surface area contributed by atoms with Gasteiger partial charge in [-0.3, -0.25) is 0 Å². The fourth-order valence-corrected chi connectivity index (χ4v) is 7.86. The molecule has 0 aliphatic carbocycles. The summed E-state index contributed by atoms with van der Waals surface area (Å²) in [6.07, 6.45) is 0. The van der Waals surface area contributed by atoms with Crippen LogP contribution in [0.1, 0.15) is 0 Å². The quantitative estimate of drug-likeness (QED) is 0.180. The Hall–Kier alpha value is -7.37. The summed E-state index contributed by atoms with van der Waals surface area (Å²) in [5.41, 5.74) is 9.90. The van der Waals surface area contributed by atoms with Crippen LogP contribution in [-0.2, 0) is 0 Å². The van der Waals surface area contributed by atoms with E-state index in [-0.39, 0.29) is 0 Å². The minimum Gasteiger partial charge on any atom is -0.456 e. The van der Waals surface area contributed by atoms with Crippen LogP contribution in [0.15, 0.2) is 186 Å². The van der Waals surface area contributed by atoms with E-state index in [4.69, 9.17) is 19.4 Å². The molecule has 11 aromatic rings. The van der Waals surface area contributed by atoms with Gasteiger partial charge in [0.05, 0.1) is 16.7 Å². The van der Waals surface area contributed by atoms with Crippen LogP contribution in [0.2, 0.25) is 0 Å². The van der Waals surface area contributed by atoms with Gasteiger partial charge in [0.25, 0.3) is 0 Å². The van der Waals surface area contributed by atoms with Crippen molar-refractivity contribution in [1.29, 1.82) is 0 Å². The van der Waals surface area contributed by atoms with Gasteiger partial charge in [-0.2, -0.15) is 0 Å². The first kappa shape index (κ1) is 30.3. The zero-order valence-electron chi connectivity index (χ0n) is 29.0. The van der Waals surface area contributed by atoms with E-state index >= 15 is 0 Å². The molecule has 0 N–H and O–H groups in total. The first-order valence-corrected chi connectivity index (χ1v) is 18.1. The molecule has 54 heavy (non-hydrogen) atoms. The van der Waals surface area contributed by atoms with E-state index in [0.29, 0.717) is 17.5 Å². The molecule has 0 amide bonds. The van der Waals surface area contributed by atoms with Crippen LogP contribution in [0.4, 0.5) is 0 Å². The number of fused-ring (bicyclic) bond motifs is 7. The van der Waals surface area contributed by atoms with Crippen LogP contribution in [0.3, 0.4) is 0 Å². The predicted octanol–water partition coefficient (Wildman–Crippen LogP) is 12.7. The Kier molecular flexibility index (Phi) is 6.79. The molecule has 3 heterocycles. The summed E-state index contributed by atoms with van der Waals surface area (Å²) in [6.45, 7) is 0. The highest BCUT2D eigenvalue weighted by Gasteiger charge is 2.19. The third kappa shape index (κ3) is 4.90. The van der Waals surface area contributed by atoms with Gasteiger partial charge in [-0.15, -0.1) is 0 Å². The number of rotatable bonds is 5. The lowest BCUT2D eigenvalue weighted by molar-refractivity contribution is 0.669.